The summed E-state index contributed by atoms with van der Waals surface area (Å²) in [7, 11) is 2.11. The highest BCUT2D eigenvalue weighted by molar-refractivity contribution is 14.0. The lowest BCUT2D eigenvalue weighted by molar-refractivity contribution is 0.470. The third kappa shape index (κ3) is 3.61. The van der Waals surface area contributed by atoms with E-state index in [0.717, 1.165) is 25.6 Å². The number of rotatable bonds is 4. The molecule has 2 aliphatic rings. The summed E-state index contributed by atoms with van der Waals surface area (Å²) in [5.41, 5.74) is 1.94. The fraction of sp³-hybridized carbons (Fsp3) is 0.533. The lowest BCUT2D eigenvalue weighted by Gasteiger charge is -2.20. The molecule has 1 aliphatic carbocycles. The van der Waals surface area contributed by atoms with Crippen molar-refractivity contribution in [3.63, 3.8) is 0 Å². The quantitative estimate of drug-likeness (QED) is 0.824. The fourth-order valence-corrected chi connectivity index (χ4v) is 2.61. The molecular weight excluding hydrogens is 349 g/mol. The van der Waals surface area contributed by atoms with Crippen molar-refractivity contribution < 1.29 is 0 Å². The summed E-state index contributed by atoms with van der Waals surface area (Å²) in [6.07, 6.45) is 3.87. The molecule has 0 saturated heterocycles. The van der Waals surface area contributed by atoms with Crippen LogP contribution in [0.25, 0.3) is 0 Å². The Morgan fingerprint density at radius 2 is 2.00 bits per heavy atom. The number of benzene rings is 1. The molecule has 0 aromatic heterocycles. The highest BCUT2D eigenvalue weighted by Crippen LogP contribution is 2.47. The number of nitrogens with zero attached hydrogens (tertiary/aromatic N) is 2. The van der Waals surface area contributed by atoms with Gasteiger partial charge < -0.3 is 10.2 Å². The number of likely N-dealkylation sites (N-methyl/N-ethyl adjacent to an activating group) is 1. The van der Waals surface area contributed by atoms with Crippen molar-refractivity contribution in [2.45, 2.75) is 19.3 Å². The minimum atomic E-state index is 0. The van der Waals surface area contributed by atoms with Crippen LogP contribution in [0.3, 0.4) is 0 Å². The van der Waals surface area contributed by atoms with E-state index in [1.165, 1.54) is 24.8 Å². The Bertz CT molecular complexity index is 440. The predicted octanol–water partition coefficient (Wildman–Crippen LogP) is 2.52. The molecule has 0 amide bonds. The molecule has 0 spiro atoms. The van der Waals surface area contributed by atoms with Crippen molar-refractivity contribution in [1.29, 1.82) is 0 Å². The van der Waals surface area contributed by atoms with E-state index in [1.54, 1.807) is 0 Å². The first-order chi connectivity index (χ1) is 8.77. The first-order valence-corrected chi connectivity index (χ1v) is 6.81. The van der Waals surface area contributed by atoms with Gasteiger partial charge in [0.1, 0.15) is 0 Å². The Morgan fingerprint density at radius 1 is 1.26 bits per heavy atom. The predicted molar refractivity (Wildman–Crippen MR) is 90.2 cm³/mol. The number of nitrogens with one attached hydrogen (secondary N) is 1. The van der Waals surface area contributed by atoms with Gasteiger partial charge in [-0.05, 0) is 30.2 Å². The zero-order valence-corrected chi connectivity index (χ0v) is 13.8. The molecule has 3 nitrogen and oxygen atoms in total. The summed E-state index contributed by atoms with van der Waals surface area (Å²) in [5, 5.41) is 3.53. The molecule has 1 saturated carbocycles. The molecule has 0 bridgehead atoms. The first-order valence-electron chi connectivity index (χ1n) is 6.81. The molecule has 1 heterocycles. The van der Waals surface area contributed by atoms with Crippen LogP contribution in [0, 0.1) is 5.41 Å². The average molecular weight is 371 g/mol. The van der Waals surface area contributed by atoms with E-state index in [9.17, 15) is 0 Å². The minimum absolute atomic E-state index is 0. The molecule has 0 atom stereocenters. The largest absolute Gasteiger partial charge is 0.356 e. The number of hydrogen-bond acceptors (Lipinski definition) is 3. The van der Waals surface area contributed by atoms with Crippen LogP contribution in [-0.4, -0.2) is 37.5 Å². The second-order valence-corrected chi connectivity index (χ2v) is 5.64. The molecule has 1 aliphatic heterocycles. The summed E-state index contributed by atoms with van der Waals surface area (Å²) in [5.74, 6) is 1.08. The fourth-order valence-electron chi connectivity index (χ4n) is 2.61. The Kier molecular flexibility index (Phi) is 4.71. The molecule has 19 heavy (non-hydrogen) atoms. The van der Waals surface area contributed by atoms with Gasteiger partial charge in [0.25, 0.3) is 0 Å². The normalized spacial score (nSPS) is 19.6. The van der Waals surface area contributed by atoms with Gasteiger partial charge in [0.2, 0.25) is 0 Å². The van der Waals surface area contributed by atoms with Crippen molar-refractivity contribution in [2.75, 3.05) is 26.7 Å². The molecule has 1 fully saturated rings. The van der Waals surface area contributed by atoms with Gasteiger partial charge in [0.15, 0.2) is 5.96 Å². The molecular formula is C15H22IN3. The van der Waals surface area contributed by atoms with E-state index in [-0.39, 0.29) is 24.0 Å². The standard InChI is InChI=1S/C15H21N3.HI/c1-18-10-9-16-14(18)17-12-15(7-8-15)11-13-5-3-2-4-6-13;/h2-6H,7-12H2,1H3,(H,16,17);1H. The van der Waals surface area contributed by atoms with Crippen LogP contribution < -0.4 is 5.32 Å². The van der Waals surface area contributed by atoms with Crippen molar-refractivity contribution in [3.8, 4) is 0 Å². The van der Waals surface area contributed by atoms with Gasteiger partial charge in [0, 0.05) is 20.1 Å². The summed E-state index contributed by atoms with van der Waals surface area (Å²) in [4.78, 5) is 6.69. The van der Waals surface area contributed by atoms with Gasteiger partial charge in [0.05, 0.1) is 6.54 Å². The van der Waals surface area contributed by atoms with Crippen molar-refractivity contribution >= 4 is 29.9 Å². The second kappa shape index (κ2) is 6.11. The number of guanidine groups is 1. The molecule has 1 N–H and O–H groups in total. The van der Waals surface area contributed by atoms with Crippen LogP contribution in [0.15, 0.2) is 35.3 Å². The van der Waals surface area contributed by atoms with Crippen LogP contribution >= 0.6 is 24.0 Å². The number of aliphatic imine (C=N–C) groups is 1. The van der Waals surface area contributed by atoms with Crippen LogP contribution in [0.4, 0.5) is 0 Å². The molecule has 0 unspecified atom stereocenters. The summed E-state index contributed by atoms with van der Waals surface area (Å²) in [6, 6.07) is 10.8. The zero-order valence-electron chi connectivity index (χ0n) is 11.4. The Hall–Kier alpha value is -0.780. The monoisotopic (exact) mass is 371 g/mol. The van der Waals surface area contributed by atoms with Gasteiger partial charge in [-0.15, -0.1) is 24.0 Å². The van der Waals surface area contributed by atoms with E-state index in [1.807, 2.05) is 0 Å². The Morgan fingerprint density at radius 3 is 2.58 bits per heavy atom. The Balaban J connectivity index is 0.00000133. The van der Waals surface area contributed by atoms with Gasteiger partial charge in [-0.25, -0.2) is 0 Å². The maximum atomic E-state index is 4.49. The zero-order chi connectivity index (χ0) is 12.4. The Labute approximate surface area is 132 Å². The summed E-state index contributed by atoms with van der Waals surface area (Å²) >= 11 is 0. The molecule has 3 rings (SSSR count). The van der Waals surface area contributed by atoms with Crippen LogP contribution in [0.1, 0.15) is 18.4 Å². The minimum Gasteiger partial charge on any atom is -0.356 e. The second-order valence-electron chi connectivity index (χ2n) is 5.64. The molecule has 0 radical (unpaired) electrons. The molecule has 1 aromatic rings. The van der Waals surface area contributed by atoms with E-state index in [2.05, 4.69) is 52.6 Å². The third-order valence-corrected chi connectivity index (χ3v) is 4.06. The molecule has 104 valence electrons. The van der Waals surface area contributed by atoms with Crippen molar-refractivity contribution in [2.24, 2.45) is 10.4 Å². The van der Waals surface area contributed by atoms with Gasteiger partial charge in [-0.3, -0.25) is 4.99 Å². The van der Waals surface area contributed by atoms with E-state index < -0.39 is 0 Å². The maximum Gasteiger partial charge on any atom is 0.193 e. The molecule has 4 heteroatoms. The number of hydrogen-bond donors (Lipinski definition) is 1. The van der Waals surface area contributed by atoms with Gasteiger partial charge in [-0.2, -0.15) is 0 Å². The van der Waals surface area contributed by atoms with E-state index >= 15 is 0 Å². The van der Waals surface area contributed by atoms with E-state index in [4.69, 9.17) is 0 Å². The van der Waals surface area contributed by atoms with Crippen LogP contribution in [0.5, 0.6) is 0 Å². The van der Waals surface area contributed by atoms with Gasteiger partial charge in [-0.1, -0.05) is 30.3 Å². The SMILES string of the molecule is CN1CCN=C1NCC1(Cc2ccccc2)CC1.I. The van der Waals surface area contributed by atoms with Gasteiger partial charge >= 0.3 is 0 Å². The molecule has 1 aromatic carbocycles. The summed E-state index contributed by atoms with van der Waals surface area (Å²) in [6.45, 7) is 3.05. The number of halogens is 1. The third-order valence-electron chi connectivity index (χ3n) is 4.06. The van der Waals surface area contributed by atoms with E-state index in [0.29, 0.717) is 5.41 Å². The topological polar surface area (TPSA) is 27.6 Å². The maximum absolute atomic E-state index is 4.49. The average Bonchev–Trinajstić information content (AvgIpc) is 3.02. The highest BCUT2D eigenvalue weighted by Gasteiger charge is 2.42. The van der Waals surface area contributed by atoms with Crippen molar-refractivity contribution in [1.82, 2.24) is 10.2 Å². The van der Waals surface area contributed by atoms with Crippen molar-refractivity contribution in [3.05, 3.63) is 35.9 Å². The highest BCUT2D eigenvalue weighted by atomic mass is 127. The lowest BCUT2D eigenvalue weighted by atomic mass is 9.96. The van der Waals surface area contributed by atoms with Crippen LogP contribution in [-0.2, 0) is 6.42 Å². The lowest BCUT2D eigenvalue weighted by Crippen LogP contribution is -2.39. The van der Waals surface area contributed by atoms with Crippen LogP contribution in [0.2, 0.25) is 0 Å². The first kappa shape index (κ1) is 14.6. The smallest absolute Gasteiger partial charge is 0.193 e. The summed E-state index contributed by atoms with van der Waals surface area (Å²) < 4.78 is 0.